The number of nitrogens with two attached hydrogens (primary N) is 1. The minimum Gasteiger partial charge on any atom is -0.481 e. The molecule has 2 bridgehead atoms. The van der Waals surface area contributed by atoms with Crippen LogP contribution in [0.1, 0.15) is 31.2 Å². The summed E-state index contributed by atoms with van der Waals surface area (Å²) < 4.78 is 16.1. The van der Waals surface area contributed by atoms with Gasteiger partial charge in [-0.25, -0.2) is 4.79 Å². The number of carbonyl (C=O) groups is 5. The molecular weight excluding hydrogens is 548 g/mol. The van der Waals surface area contributed by atoms with Gasteiger partial charge in [0.2, 0.25) is 17.7 Å². The number of allylic oxidation sites excluding steroid dienone is 2. The van der Waals surface area contributed by atoms with Crippen LogP contribution < -0.4 is 21.7 Å². The molecule has 13 heteroatoms. The van der Waals surface area contributed by atoms with E-state index in [-0.39, 0.29) is 76.7 Å². The number of nitrogens with one attached hydrogen (secondary N) is 3. The van der Waals surface area contributed by atoms with Crippen LogP contribution in [0.15, 0.2) is 42.5 Å². The second-order valence-corrected chi connectivity index (χ2v) is 10.3. The zero-order valence-electron chi connectivity index (χ0n) is 23.5. The maximum absolute atomic E-state index is 12.7. The molecule has 230 valence electrons. The van der Waals surface area contributed by atoms with Gasteiger partial charge in [0.1, 0.15) is 12.6 Å². The van der Waals surface area contributed by atoms with E-state index in [1.54, 1.807) is 12.1 Å². The molecule has 5 unspecified atom stereocenters. The SMILES string of the molecule is NC(=O)CCC(NC(=O)OCc1ccccc1)C(=O)NCCOCCOCCNC(=O)C1C2C=CCC(C2)C1C(=O)O. The van der Waals surface area contributed by atoms with Crippen molar-refractivity contribution in [2.45, 2.75) is 38.3 Å². The fourth-order valence-corrected chi connectivity index (χ4v) is 5.30. The number of carbonyl (C=O) groups excluding carboxylic acids is 4. The molecule has 6 N–H and O–H groups in total. The number of alkyl carbamates (subject to hydrolysis) is 1. The van der Waals surface area contributed by atoms with Crippen molar-refractivity contribution in [2.75, 3.05) is 39.5 Å². The van der Waals surface area contributed by atoms with E-state index in [2.05, 4.69) is 16.0 Å². The number of hydrogen-bond donors (Lipinski definition) is 5. The van der Waals surface area contributed by atoms with Gasteiger partial charge >= 0.3 is 12.1 Å². The van der Waals surface area contributed by atoms with E-state index < -0.39 is 41.8 Å². The molecule has 5 atom stereocenters. The van der Waals surface area contributed by atoms with E-state index in [9.17, 15) is 29.1 Å². The zero-order chi connectivity index (χ0) is 30.3. The van der Waals surface area contributed by atoms with Crippen molar-refractivity contribution >= 4 is 29.8 Å². The molecule has 3 rings (SSSR count). The van der Waals surface area contributed by atoms with Crippen LogP contribution in [0.25, 0.3) is 0 Å². The van der Waals surface area contributed by atoms with Crippen LogP contribution in [0.5, 0.6) is 0 Å². The Morgan fingerprint density at radius 3 is 2.31 bits per heavy atom. The highest BCUT2D eigenvalue weighted by Crippen LogP contribution is 2.47. The first-order valence-corrected chi connectivity index (χ1v) is 14.1. The fourth-order valence-electron chi connectivity index (χ4n) is 5.30. The first-order chi connectivity index (χ1) is 20.3. The number of hydrogen-bond acceptors (Lipinski definition) is 8. The van der Waals surface area contributed by atoms with Crippen molar-refractivity contribution in [3.8, 4) is 0 Å². The van der Waals surface area contributed by atoms with Gasteiger partial charge in [-0.1, -0.05) is 42.5 Å². The van der Waals surface area contributed by atoms with Crippen LogP contribution in [-0.2, 0) is 40.0 Å². The Hall–Kier alpha value is -3.97. The number of amides is 4. The topological polar surface area (TPSA) is 195 Å². The van der Waals surface area contributed by atoms with E-state index in [1.165, 1.54) is 0 Å². The number of fused-ring (bicyclic) bond motifs is 2. The third-order valence-corrected chi connectivity index (χ3v) is 7.30. The van der Waals surface area contributed by atoms with Gasteiger partial charge in [0.25, 0.3) is 0 Å². The first kappa shape index (κ1) is 32.5. The Morgan fingerprint density at radius 2 is 1.64 bits per heavy atom. The quantitative estimate of drug-likeness (QED) is 0.121. The molecule has 4 amide bonds. The molecule has 1 aromatic carbocycles. The van der Waals surface area contributed by atoms with Crippen molar-refractivity contribution in [3.05, 3.63) is 48.0 Å². The largest absolute Gasteiger partial charge is 0.481 e. The maximum Gasteiger partial charge on any atom is 0.408 e. The van der Waals surface area contributed by atoms with E-state index in [0.29, 0.717) is 6.42 Å². The molecule has 1 aromatic rings. The molecule has 0 radical (unpaired) electrons. The van der Waals surface area contributed by atoms with E-state index in [4.69, 9.17) is 19.9 Å². The highest BCUT2D eigenvalue weighted by molar-refractivity contribution is 5.87. The lowest BCUT2D eigenvalue weighted by Gasteiger charge is -2.20. The molecule has 0 heterocycles. The smallest absolute Gasteiger partial charge is 0.408 e. The lowest BCUT2D eigenvalue weighted by atomic mass is 9.87. The number of carboxylic acids is 1. The Labute approximate surface area is 244 Å². The molecule has 1 fully saturated rings. The van der Waals surface area contributed by atoms with Crippen LogP contribution in [0.2, 0.25) is 0 Å². The summed E-state index contributed by atoms with van der Waals surface area (Å²) in [6.45, 7) is 1.38. The van der Waals surface area contributed by atoms with Gasteiger partial charge in [-0.3, -0.25) is 19.2 Å². The summed E-state index contributed by atoms with van der Waals surface area (Å²) in [5.74, 6) is -3.54. The van der Waals surface area contributed by atoms with Crippen molar-refractivity contribution in [1.82, 2.24) is 16.0 Å². The van der Waals surface area contributed by atoms with Gasteiger partial charge in [0, 0.05) is 19.5 Å². The summed E-state index contributed by atoms with van der Waals surface area (Å²) in [5, 5.41) is 17.5. The van der Waals surface area contributed by atoms with Crippen LogP contribution >= 0.6 is 0 Å². The van der Waals surface area contributed by atoms with Gasteiger partial charge < -0.3 is 41.0 Å². The van der Waals surface area contributed by atoms with E-state index in [0.717, 1.165) is 12.0 Å². The maximum atomic E-state index is 12.7. The number of ether oxygens (including phenoxy) is 3. The number of aliphatic carboxylic acids is 1. The van der Waals surface area contributed by atoms with Crippen LogP contribution in [0.4, 0.5) is 4.79 Å². The Balaban J connectivity index is 1.25. The molecule has 0 spiro atoms. The summed E-state index contributed by atoms with van der Waals surface area (Å²) in [6.07, 6.45) is 4.48. The normalized spacial score (nSPS) is 21.2. The van der Waals surface area contributed by atoms with Crippen molar-refractivity contribution in [1.29, 1.82) is 0 Å². The molecule has 0 aliphatic heterocycles. The first-order valence-electron chi connectivity index (χ1n) is 14.1. The van der Waals surface area contributed by atoms with Gasteiger partial charge in [0.05, 0.1) is 38.3 Å². The lowest BCUT2D eigenvalue weighted by Crippen LogP contribution is -2.48. The molecule has 0 saturated heterocycles. The van der Waals surface area contributed by atoms with Crippen molar-refractivity contribution in [2.24, 2.45) is 29.4 Å². The second kappa shape index (κ2) is 17.1. The minimum atomic E-state index is -1.01. The average molecular weight is 589 g/mol. The standard InChI is InChI=1S/C29H40N4O9/c30-23(34)10-9-22(33-29(39)42-18-19-5-2-1-3-6-19)26(35)31-11-13-40-15-16-41-14-12-32-27(36)24-20-7-4-8-21(17-20)25(24)28(37)38/h1-7,20-22,24-25H,8-18H2,(H2,30,34)(H,31,35)(H,32,36)(H,33,39)(H,37,38). The molecule has 2 aliphatic rings. The molecular formula is C29H40N4O9. The average Bonchev–Trinajstić information content (AvgIpc) is 3.24. The number of carboxylic acid groups (broad SMARTS) is 1. The second-order valence-electron chi connectivity index (χ2n) is 10.3. The summed E-state index contributed by atoms with van der Waals surface area (Å²) in [6, 6.07) is 8.04. The van der Waals surface area contributed by atoms with Crippen LogP contribution in [0.3, 0.4) is 0 Å². The van der Waals surface area contributed by atoms with E-state index >= 15 is 0 Å². The van der Waals surface area contributed by atoms with Gasteiger partial charge in [-0.2, -0.15) is 0 Å². The third-order valence-electron chi connectivity index (χ3n) is 7.30. The van der Waals surface area contributed by atoms with Gasteiger partial charge in [-0.15, -0.1) is 0 Å². The molecule has 2 aliphatic carbocycles. The van der Waals surface area contributed by atoms with Gasteiger partial charge in [0.15, 0.2) is 0 Å². The Morgan fingerprint density at radius 1 is 0.952 bits per heavy atom. The number of benzene rings is 1. The molecule has 13 nitrogen and oxygen atoms in total. The molecule has 42 heavy (non-hydrogen) atoms. The number of primary amides is 1. The molecule has 0 aromatic heterocycles. The monoisotopic (exact) mass is 588 g/mol. The summed E-state index contributed by atoms with van der Waals surface area (Å²) in [4.78, 5) is 60.3. The number of rotatable bonds is 18. The van der Waals surface area contributed by atoms with Gasteiger partial charge in [-0.05, 0) is 36.7 Å². The van der Waals surface area contributed by atoms with Crippen molar-refractivity contribution in [3.63, 3.8) is 0 Å². The summed E-state index contributed by atoms with van der Waals surface area (Å²) in [5.41, 5.74) is 5.98. The predicted octanol–water partition coefficient (Wildman–Crippen LogP) is 0.726. The highest BCUT2D eigenvalue weighted by atomic mass is 16.5. The van der Waals surface area contributed by atoms with Crippen molar-refractivity contribution < 1.29 is 43.3 Å². The highest BCUT2D eigenvalue weighted by Gasteiger charge is 2.50. The summed E-state index contributed by atoms with van der Waals surface area (Å²) in [7, 11) is 0. The lowest BCUT2D eigenvalue weighted by molar-refractivity contribution is -0.148. The Kier molecular flexibility index (Phi) is 13.2. The predicted molar refractivity (Wildman–Crippen MR) is 150 cm³/mol. The van der Waals surface area contributed by atoms with Crippen LogP contribution in [0, 0.1) is 23.7 Å². The molecule has 1 saturated carbocycles. The fraction of sp³-hybridized carbons (Fsp3) is 0.552. The Bertz CT molecular complexity index is 1100. The third kappa shape index (κ3) is 10.5. The zero-order valence-corrected chi connectivity index (χ0v) is 23.5. The minimum absolute atomic E-state index is 0.00478. The van der Waals surface area contributed by atoms with Crippen LogP contribution in [-0.4, -0.2) is 80.4 Å². The summed E-state index contributed by atoms with van der Waals surface area (Å²) >= 11 is 0. The van der Waals surface area contributed by atoms with E-state index in [1.807, 2.05) is 30.4 Å².